The third kappa shape index (κ3) is 3.02. The largest absolute Gasteiger partial charge is 0.493 e. The Balaban J connectivity index is 1.83. The number of rotatable bonds is 4. The maximum absolute atomic E-state index is 12.5. The molecule has 5 heteroatoms. The lowest BCUT2D eigenvalue weighted by Gasteiger charge is -2.35. The molecule has 0 bridgehead atoms. The Hall–Kier alpha value is -2.69. The van der Waals surface area contributed by atoms with Crippen molar-refractivity contribution in [2.45, 2.75) is 19.4 Å². The van der Waals surface area contributed by atoms with Gasteiger partial charge in [-0.1, -0.05) is 0 Å². The van der Waals surface area contributed by atoms with E-state index in [1.165, 1.54) is 5.56 Å². The summed E-state index contributed by atoms with van der Waals surface area (Å²) in [6, 6.07) is 7.56. The van der Waals surface area contributed by atoms with Crippen molar-refractivity contribution in [3.8, 4) is 11.5 Å². The minimum Gasteiger partial charge on any atom is -0.493 e. The predicted molar refractivity (Wildman–Crippen MR) is 91.1 cm³/mol. The highest BCUT2D eigenvalue weighted by atomic mass is 16.5. The number of amides is 1. The first-order valence-electron chi connectivity index (χ1n) is 7.91. The van der Waals surface area contributed by atoms with Crippen LogP contribution in [0.3, 0.4) is 0 Å². The zero-order valence-electron chi connectivity index (χ0n) is 14.1. The minimum atomic E-state index is -0.0284. The molecule has 0 fully saturated rings. The molecule has 1 aliphatic rings. The maximum atomic E-state index is 12.5. The molecule has 1 amide bonds. The van der Waals surface area contributed by atoms with Crippen LogP contribution in [0.4, 0.5) is 0 Å². The lowest BCUT2D eigenvalue weighted by molar-refractivity contribution is -0.128. The summed E-state index contributed by atoms with van der Waals surface area (Å²) < 4.78 is 16.0. The lowest BCUT2D eigenvalue weighted by Crippen LogP contribution is -2.37. The SMILES string of the molecule is COc1cc2c(cc1OC)[C@@H](C)N(C(=O)/C=C/c1ccco1)CC2. The van der Waals surface area contributed by atoms with Gasteiger partial charge < -0.3 is 18.8 Å². The Bertz CT molecular complexity index is 749. The van der Waals surface area contributed by atoms with E-state index in [0.717, 1.165) is 17.7 Å². The number of nitrogens with zero attached hydrogens (tertiary/aromatic N) is 1. The van der Waals surface area contributed by atoms with Crippen LogP contribution in [0, 0.1) is 0 Å². The zero-order chi connectivity index (χ0) is 17.1. The van der Waals surface area contributed by atoms with Gasteiger partial charge in [0.2, 0.25) is 5.91 Å². The van der Waals surface area contributed by atoms with Crippen LogP contribution in [0.2, 0.25) is 0 Å². The van der Waals surface area contributed by atoms with Crippen LogP contribution in [0.5, 0.6) is 11.5 Å². The van der Waals surface area contributed by atoms with E-state index in [1.807, 2.05) is 30.0 Å². The number of carbonyl (C=O) groups is 1. The summed E-state index contributed by atoms with van der Waals surface area (Å²) in [5.74, 6) is 2.05. The number of furan rings is 1. The summed E-state index contributed by atoms with van der Waals surface area (Å²) in [5.41, 5.74) is 2.29. The molecule has 0 N–H and O–H groups in total. The van der Waals surface area contributed by atoms with E-state index >= 15 is 0 Å². The molecule has 0 saturated carbocycles. The zero-order valence-corrected chi connectivity index (χ0v) is 14.1. The fraction of sp³-hybridized carbons (Fsp3) is 0.316. The second kappa shape index (κ2) is 6.83. The first-order valence-corrected chi connectivity index (χ1v) is 7.91. The normalized spacial score (nSPS) is 17.0. The molecule has 1 aliphatic heterocycles. The van der Waals surface area contributed by atoms with Gasteiger partial charge in [0.15, 0.2) is 11.5 Å². The first-order chi connectivity index (χ1) is 11.6. The van der Waals surface area contributed by atoms with Crippen molar-refractivity contribution in [1.29, 1.82) is 0 Å². The molecule has 0 unspecified atom stereocenters. The van der Waals surface area contributed by atoms with Crippen molar-refractivity contribution in [2.75, 3.05) is 20.8 Å². The molecule has 1 aromatic heterocycles. The van der Waals surface area contributed by atoms with Gasteiger partial charge in [-0.15, -0.1) is 0 Å². The Morgan fingerprint density at radius 3 is 2.71 bits per heavy atom. The molecule has 126 valence electrons. The third-order valence-electron chi connectivity index (χ3n) is 4.40. The van der Waals surface area contributed by atoms with E-state index in [2.05, 4.69) is 0 Å². The van der Waals surface area contributed by atoms with Gasteiger partial charge in [-0.3, -0.25) is 4.79 Å². The molecule has 1 atom stereocenters. The number of carbonyl (C=O) groups excluding carboxylic acids is 1. The van der Waals surface area contributed by atoms with Gasteiger partial charge in [-0.2, -0.15) is 0 Å². The number of ether oxygens (including phenoxy) is 2. The number of benzene rings is 1. The van der Waals surface area contributed by atoms with E-state index < -0.39 is 0 Å². The highest BCUT2D eigenvalue weighted by molar-refractivity contribution is 5.92. The van der Waals surface area contributed by atoms with E-state index in [1.54, 1.807) is 38.7 Å². The summed E-state index contributed by atoms with van der Waals surface area (Å²) >= 11 is 0. The van der Waals surface area contributed by atoms with Crippen molar-refractivity contribution in [2.24, 2.45) is 0 Å². The minimum absolute atomic E-state index is 0.0256. The van der Waals surface area contributed by atoms with Gasteiger partial charge in [0.05, 0.1) is 26.5 Å². The first kappa shape index (κ1) is 16.2. The number of methoxy groups -OCH3 is 2. The van der Waals surface area contributed by atoms with Crippen molar-refractivity contribution >= 4 is 12.0 Å². The fourth-order valence-electron chi connectivity index (χ4n) is 3.08. The van der Waals surface area contributed by atoms with Gasteiger partial charge in [0.1, 0.15) is 5.76 Å². The van der Waals surface area contributed by atoms with Gasteiger partial charge in [-0.05, 0) is 54.8 Å². The quantitative estimate of drug-likeness (QED) is 0.807. The molecule has 3 rings (SSSR count). The van der Waals surface area contributed by atoms with Crippen LogP contribution >= 0.6 is 0 Å². The van der Waals surface area contributed by atoms with Gasteiger partial charge in [0.25, 0.3) is 0 Å². The van der Waals surface area contributed by atoms with Crippen LogP contribution in [-0.4, -0.2) is 31.6 Å². The summed E-state index contributed by atoms with van der Waals surface area (Å²) in [4.78, 5) is 14.4. The monoisotopic (exact) mass is 327 g/mol. The van der Waals surface area contributed by atoms with Gasteiger partial charge in [-0.25, -0.2) is 0 Å². The Labute approximate surface area is 141 Å². The topological polar surface area (TPSA) is 51.9 Å². The molecule has 0 saturated heterocycles. The van der Waals surface area contributed by atoms with Crippen molar-refractivity contribution in [1.82, 2.24) is 4.90 Å². The van der Waals surface area contributed by atoms with Crippen LogP contribution in [0.15, 0.2) is 41.0 Å². The Morgan fingerprint density at radius 1 is 1.29 bits per heavy atom. The molecular formula is C19H21NO4. The molecule has 1 aromatic carbocycles. The summed E-state index contributed by atoms with van der Waals surface area (Å²) in [6.45, 7) is 2.70. The van der Waals surface area contributed by atoms with E-state index in [4.69, 9.17) is 13.9 Å². The van der Waals surface area contributed by atoms with Gasteiger partial charge in [0, 0.05) is 12.6 Å². The average Bonchev–Trinajstić information content (AvgIpc) is 3.12. The Morgan fingerprint density at radius 2 is 2.04 bits per heavy atom. The molecule has 0 aliphatic carbocycles. The fourth-order valence-corrected chi connectivity index (χ4v) is 3.08. The third-order valence-corrected chi connectivity index (χ3v) is 4.40. The second-order valence-electron chi connectivity index (χ2n) is 5.71. The Kier molecular flexibility index (Phi) is 4.60. The summed E-state index contributed by atoms with van der Waals surface area (Å²) in [7, 11) is 3.25. The van der Waals surface area contributed by atoms with E-state index in [0.29, 0.717) is 18.1 Å². The predicted octanol–water partition coefficient (Wildman–Crippen LogP) is 3.46. The van der Waals surface area contributed by atoms with Crippen LogP contribution in [0.1, 0.15) is 29.9 Å². The molecule has 2 heterocycles. The lowest BCUT2D eigenvalue weighted by atomic mass is 9.92. The van der Waals surface area contributed by atoms with E-state index in [-0.39, 0.29) is 11.9 Å². The number of hydrogen-bond acceptors (Lipinski definition) is 4. The van der Waals surface area contributed by atoms with Crippen molar-refractivity contribution in [3.63, 3.8) is 0 Å². The number of hydrogen-bond donors (Lipinski definition) is 0. The van der Waals surface area contributed by atoms with Crippen LogP contribution in [0.25, 0.3) is 6.08 Å². The number of fused-ring (bicyclic) bond motifs is 1. The van der Waals surface area contributed by atoms with Crippen molar-refractivity contribution in [3.05, 3.63) is 53.5 Å². The maximum Gasteiger partial charge on any atom is 0.247 e. The smallest absolute Gasteiger partial charge is 0.247 e. The standard InChI is InChI=1S/C19H21NO4/c1-13-16-12-18(23-3)17(22-2)11-14(16)8-9-20(13)19(21)7-6-15-5-4-10-24-15/h4-7,10-13H,8-9H2,1-3H3/b7-6+/t13-/m1/s1. The van der Waals surface area contributed by atoms with Gasteiger partial charge >= 0.3 is 0 Å². The van der Waals surface area contributed by atoms with Crippen molar-refractivity contribution < 1.29 is 18.7 Å². The molecule has 24 heavy (non-hydrogen) atoms. The van der Waals surface area contributed by atoms with Crippen LogP contribution in [-0.2, 0) is 11.2 Å². The second-order valence-corrected chi connectivity index (χ2v) is 5.71. The molecule has 5 nitrogen and oxygen atoms in total. The highest BCUT2D eigenvalue weighted by Crippen LogP contribution is 2.37. The average molecular weight is 327 g/mol. The molecular weight excluding hydrogens is 306 g/mol. The van der Waals surface area contributed by atoms with E-state index in [9.17, 15) is 4.79 Å². The molecule has 2 aromatic rings. The highest BCUT2D eigenvalue weighted by Gasteiger charge is 2.28. The molecule has 0 spiro atoms. The molecule has 0 radical (unpaired) electrons. The summed E-state index contributed by atoms with van der Waals surface area (Å²) in [6.07, 6.45) is 5.63. The summed E-state index contributed by atoms with van der Waals surface area (Å²) in [5, 5.41) is 0. The van der Waals surface area contributed by atoms with Crippen LogP contribution < -0.4 is 9.47 Å².